The molecule has 0 aromatic heterocycles. The number of hydrogen-bond donors (Lipinski definition) is 1. The molecule has 1 fully saturated rings. The third-order valence-electron chi connectivity index (χ3n) is 5.50. The Hall–Kier alpha value is -1.95. The predicted octanol–water partition coefficient (Wildman–Crippen LogP) is 4.36. The van der Waals surface area contributed by atoms with Crippen LogP contribution < -0.4 is 5.32 Å². The summed E-state index contributed by atoms with van der Waals surface area (Å²) in [6.07, 6.45) is 1.79. The number of para-hydroxylation sites is 1. The van der Waals surface area contributed by atoms with Crippen LogP contribution in [0, 0.1) is 5.82 Å². The molecule has 4 nitrogen and oxygen atoms in total. The number of benzene rings is 2. The van der Waals surface area contributed by atoms with Gasteiger partial charge in [-0.2, -0.15) is 0 Å². The van der Waals surface area contributed by atoms with Crippen molar-refractivity contribution < 1.29 is 9.18 Å². The number of amides is 1. The van der Waals surface area contributed by atoms with Gasteiger partial charge in [-0.25, -0.2) is 4.39 Å². The number of carbonyl (C=O) groups is 1. The van der Waals surface area contributed by atoms with Crippen LogP contribution in [0.4, 0.5) is 10.1 Å². The molecule has 1 amide bonds. The van der Waals surface area contributed by atoms with Crippen molar-refractivity contribution >= 4 is 23.2 Å². The first kappa shape index (κ1) is 21.8. The van der Waals surface area contributed by atoms with Crippen LogP contribution in [0.5, 0.6) is 0 Å². The van der Waals surface area contributed by atoms with Gasteiger partial charge in [-0.1, -0.05) is 49.7 Å². The molecule has 6 heteroatoms. The second-order valence-electron chi connectivity index (χ2n) is 7.49. The number of rotatable bonds is 7. The molecule has 1 saturated heterocycles. The summed E-state index contributed by atoms with van der Waals surface area (Å²) in [6, 6.07) is 10.8. The average molecular weight is 418 g/mol. The van der Waals surface area contributed by atoms with Gasteiger partial charge in [0.15, 0.2) is 0 Å². The molecule has 1 aliphatic rings. The minimum absolute atomic E-state index is 0.0376. The van der Waals surface area contributed by atoms with Crippen molar-refractivity contribution in [2.75, 3.05) is 38.0 Å². The fourth-order valence-electron chi connectivity index (χ4n) is 3.78. The van der Waals surface area contributed by atoms with Gasteiger partial charge in [0.05, 0.1) is 6.54 Å². The lowest BCUT2D eigenvalue weighted by Crippen LogP contribution is -2.48. The smallest absolute Gasteiger partial charge is 0.238 e. The normalized spacial score (nSPS) is 15.4. The number of anilines is 1. The van der Waals surface area contributed by atoms with E-state index in [-0.39, 0.29) is 11.7 Å². The fourth-order valence-corrected chi connectivity index (χ4v) is 4.01. The molecular weight excluding hydrogens is 389 g/mol. The van der Waals surface area contributed by atoms with Crippen LogP contribution in [0.1, 0.15) is 30.5 Å². The third kappa shape index (κ3) is 5.78. The number of halogens is 2. The molecule has 1 aliphatic heterocycles. The van der Waals surface area contributed by atoms with Crippen molar-refractivity contribution in [1.82, 2.24) is 9.80 Å². The first-order chi connectivity index (χ1) is 14.0. The average Bonchev–Trinajstić information content (AvgIpc) is 2.71. The molecule has 0 aliphatic carbocycles. The molecule has 156 valence electrons. The summed E-state index contributed by atoms with van der Waals surface area (Å²) in [5.74, 6) is -0.277. The van der Waals surface area contributed by atoms with Crippen molar-refractivity contribution in [3.8, 4) is 0 Å². The van der Waals surface area contributed by atoms with Crippen molar-refractivity contribution in [2.45, 2.75) is 33.2 Å². The largest absolute Gasteiger partial charge is 0.324 e. The Morgan fingerprint density at radius 2 is 1.62 bits per heavy atom. The van der Waals surface area contributed by atoms with Gasteiger partial charge >= 0.3 is 0 Å². The molecule has 1 N–H and O–H groups in total. The zero-order valence-electron chi connectivity index (χ0n) is 17.2. The van der Waals surface area contributed by atoms with Crippen LogP contribution in [0.3, 0.4) is 0 Å². The summed E-state index contributed by atoms with van der Waals surface area (Å²) in [6.45, 7) is 8.66. The fraction of sp³-hybridized carbons (Fsp3) is 0.435. The highest BCUT2D eigenvalue weighted by Crippen LogP contribution is 2.23. The van der Waals surface area contributed by atoms with Crippen molar-refractivity contribution in [1.29, 1.82) is 0 Å². The lowest BCUT2D eigenvalue weighted by Gasteiger charge is -2.34. The van der Waals surface area contributed by atoms with Gasteiger partial charge in [0.1, 0.15) is 5.82 Å². The van der Waals surface area contributed by atoms with E-state index in [0.717, 1.165) is 50.3 Å². The predicted molar refractivity (Wildman–Crippen MR) is 117 cm³/mol. The zero-order valence-corrected chi connectivity index (χ0v) is 17.9. The van der Waals surface area contributed by atoms with Gasteiger partial charge in [0.25, 0.3) is 0 Å². The van der Waals surface area contributed by atoms with Crippen LogP contribution in [0.2, 0.25) is 5.02 Å². The van der Waals surface area contributed by atoms with Crippen LogP contribution in [0.15, 0.2) is 36.4 Å². The zero-order chi connectivity index (χ0) is 20.8. The highest BCUT2D eigenvalue weighted by Gasteiger charge is 2.20. The number of hydrogen-bond acceptors (Lipinski definition) is 3. The Balaban J connectivity index is 1.51. The monoisotopic (exact) mass is 417 g/mol. The summed E-state index contributed by atoms with van der Waals surface area (Å²) in [7, 11) is 0. The Kier molecular flexibility index (Phi) is 7.64. The van der Waals surface area contributed by atoms with Gasteiger partial charge in [-0.3, -0.25) is 14.6 Å². The highest BCUT2D eigenvalue weighted by atomic mass is 35.5. The van der Waals surface area contributed by atoms with E-state index in [4.69, 9.17) is 11.6 Å². The molecule has 3 rings (SSSR count). The van der Waals surface area contributed by atoms with E-state index in [1.165, 1.54) is 23.3 Å². The van der Waals surface area contributed by atoms with Crippen LogP contribution >= 0.6 is 11.6 Å². The Morgan fingerprint density at radius 1 is 1.00 bits per heavy atom. The molecule has 0 radical (unpaired) electrons. The molecule has 1 heterocycles. The molecule has 0 bridgehead atoms. The van der Waals surface area contributed by atoms with Crippen molar-refractivity contribution in [2.24, 2.45) is 0 Å². The first-order valence-corrected chi connectivity index (χ1v) is 10.7. The third-order valence-corrected chi connectivity index (χ3v) is 5.86. The van der Waals surface area contributed by atoms with Crippen molar-refractivity contribution in [3.05, 3.63) is 63.9 Å². The molecule has 29 heavy (non-hydrogen) atoms. The maximum absolute atomic E-state index is 13.2. The Morgan fingerprint density at radius 3 is 2.21 bits per heavy atom. The lowest BCUT2D eigenvalue weighted by molar-refractivity contribution is -0.117. The van der Waals surface area contributed by atoms with E-state index in [1.807, 2.05) is 0 Å². The van der Waals surface area contributed by atoms with Crippen LogP contribution in [-0.2, 0) is 24.2 Å². The van der Waals surface area contributed by atoms with Gasteiger partial charge in [0.2, 0.25) is 5.91 Å². The van der Waals surface area contributed by atoms with E-state index >= 15 is 0 Å². The SMILES string of the molecule is CCc1cccc(CC)c1NC(=O)CN1CCN(Cc2ccc(F)cc2Cl)CC1. The minimum Gasteiger partial charge on any atom is -0.324 e. The molecule has 2 aromatic carbocycles. The number of aryl methyl sites for hydroxylation is 2. The van der Waals surface area contributed by atoms with Gasteiger partial charge in [-0.15, -0.1) is 0 Å². The molecule has 0 unspecified atom stereocenters. The molecule has 2 aromatic rings. The van der Waals surface area contributed by atoms with Gasteiger partial charge in [-0.05, 0) is 41.7 Å². The number of carbonyl (C=O) groups excluding carboxylic acids is 1. The maximum Gasteiger partial charge on any atom is 0.238 e. The van der Waals surface area contributed by atoms with E-state index in [2.05, 4.69) is 47.2 Å². The number of piperazine rings is 1. The Bertz CT molecular complexity index is 828. The maximum atomic E-state index is 13.2. The number of nitrogens with zero attached hydrogens (tertiary/aromatic N) is 2. The molecular formula is C23H29ClFN3O. The molecule has 0 atom stereocenters. The van der Waals surface area contributed by atoms with E-state index in [0.29, 0.717) is 18.1 Å². The molecule has 0 spiro atoms. The summed E-state index contributed by atoms with van der Waals surface area (Å²) >= 11 is 6.14. The first-order valence-electron chi connectivity index (χ1n) is 10.3. The molecule has 0 saturated carbocycles. The number of nitrogens with one attached hydrogen (secondary N) is 1. The summed E-state index contributed by atoms with van der Waals surface area (Å²) in [5.41, 5.74) is 4.27. The highest BCUT2D eigenvalue weighted by molar-refractivity contribution is 6.31. The Labute approximate surface area is 177 Å². The quantitative estimate of drug-likeness (QED) is 0.727. The van der Waals surface area contributed by atoms with E-state index in [1.54, 1.807) is 6.07 Å². The van der Waals surface area contributed by atoms with E-state index in [9.17, 15) is 9.18 Å². The summed E-state index contributed by atoms with van der Waals surface area (Å²) in [5, 5.41) is 3.61. The van der Waals surface area contributed by atoms with Crippen LogP contribution in [-0.4, -0.2) is 48.4 Å². The second kappa shape index (κ2) is 10.2. The summed E-state index contributed by atoms with van der Waals surface area (Å²) in [4.78, 5) is 17.1. The summed E-state index contributed by atoms with van der Waals surface area (Å²) < 4.78 is 13.2. The minimum atomic E-state index is -0.314. The lowest BCUT2D eigenvalue weighted by atomic mass is 10.0. The standard InChI is InChI=1S/C23H29ClFN3O/c1-3-17-6-5-7-18(4-2)23(17)26-22(29)16-28-12-10-27(11-13-28)15-19-8-9-20(25)14-21(19)24/h5-9,14H,3-4,10-13,15-16H2,1-2H3,(H,26,29). The van der Waals surface area contributed by atoms with Crippen LogP contribution in [0.25, 0.3) is 0 Å². The topological polar surface area (TPSA) is 35.6 Å². The van der Waals surface area contributed by atoms with Crippen molar-refractivity contribution in [3.63, 3.8) is 0 Å². The van der Waals surface area contributed by atoms with E-state index < -0.39 is 0 Å². The van der Waals surface area contributed by atoms with Gasteiger partial charge in [0, 0.05) is 43.4 Å². The second-order valence-corrected chi connectivity index (χ2v) is 7.90. The van der Waals surface area contributed by atoms with Gasteiger partial charge < -0.3 is 5.32 Å².